The Bertz CT molecular complexity index is 588. The molecule has 104 valence electrons. The van der Waals surface area contributed by atoms with Gasteiger partial charge in [0.15, 0.2) is 0 Å². The van der Waals surface area contributed by atoms with Gasteiger partial charge in [-0.25, -0.2) is 14.8 Å². The lowest BCUT2D eigenvalue weighted by Crippen LogP contribution is -2.34. The number of nitrogens with one attached hydrogen (secondary N) is 1. The van der Waals surface area contributed by atoms with Gasteiger partial charge in [-0.05, 0) is 12.0 Å². The van der Waals surface area contributed by atoms with Gasteiger partial charge in [0.2, 0.25) is 5.95 Å². The fraction of sp³-hybridized carbons (Fsp3) is 0.308. The van der Waals surface area contributed by atoms with Gasteiger partial charge in [0.05, 0.1) is 11.9 Å². The first kappa shape index (κ1) is 13.9. The van der Waals surface area contributed by atoms with Gasteiger partial charge in [-0.15, -0.1) is 0 Å². The molecule has 0 radical (unpaired) electrons. The van der Waals surface area contributed by atoms with Crippen molar-refractivity contribution in [3.05, 3.63) is 30.9 Å². The lowest BCUT2D eigenvalue weighted by molar-refractivity contribution is -0.138. The smallest absolute Gasteiger partial charge is 0.326 e. The minimum Gasteiger partial charge on any atom is -0.480 e. The zero-order chi connectivity index (χ0) is 14.5. The van der Waals surface area contributed by atoms with Crippen LogP contribution in [0.4, 0.5) is 5.95 Å². The van der Waals surface area contributed by atoms with Crippen LogP contribution in [-0.2, 0) is 4.79 Å². The van der Waals surface area contributed by atoms with Crippen LogP contribution < -0.4 is 5.32 Å². The molecule has 0 aliphatic rings. The van der Waals surface area contributed by atoms with Crippen molar-refractivity contribution in [3.63, 3.8) is 0 Å². The number of hydrogen-bond donors (Lipinski definition) is 2. The highest BCUT2D eigenvalue weighted by atomic mass is 16.4. The second kappa shape index (κ2) is 6.05. The lowest BCUT2D eigenvalue weighted by Gasteiger charge is -2.17. The number of carboxylic acid groups (broad SMARTS) is 1. The second-order valence-electron chi connectivity index (χ2n) is 4.56. The zero-order valence-electron chi connectivity index (χ0n) is 11.2. The van der Waals surface area contributed by atoms with Gasteiger partial charge in [-0.1, -0.05) is 13.8 Å². The number of carbonyl (C=O) groups is 1. The van der Waals surface area contributed by atoms with Gasteiger partial charge in [0.1, 0.15) is 11.7 Å². The molecule has 0 aliphatic carbocycles. The molecule has 2 rings (SSSR count). The van der Waals surface area contributed by atoms with Crippen LogP contribution in [0.1, 0.15) is 13.8 Å². The molecule has 7 heteroatoms. The van der Waals surface area contributed by atoms with Gasteiger partial charge in [-0.2, -0.15) is 0 Å². The third-order valence-electron chi connectivity index (χ3n) is 2.70. The minimum atomic E-state index is -0.937. The summed E-state index contributed by atoms with van der Waals surface area (Å²) in [4.78, 5) is 27.6. The van der Waals surface area contributed by atoms with E-state index < -0.39 is 12.0 Å². The van der Waals surface area contributed by atoms with Gasteiger partial charge in [0, 0.05) is 18.6 Å². The largest absolute Gasteiger partial charge is 0.480 e. The first-order valence-electron chi connectivity index (χ1n) is 6.16. The minimum absolute atomic E-state index is 0.0868. The van der Waals surface area contributed by atoms with E-state index in [0.29, 0.717) is 11.4 Å². The Balaban J connectivity index is 2.24. The van der Waals surface area contributed by atoms with E-state index in [9.17, 15) is 4.79 Å². The molecule has 0 spiro atoms. The van der Waals surface area contributed by atoms with Crippen molar-refractivity contribution < 1.29 is 9.90 Å². The number of anilines is 1. The summed E-state index contributed by atoms with van der Waals surface area (Å²) in [5.74, 6) is -0.765. The monoisotopic (exact) mass is 273 g/mol. The summed E-state index contributed by atoms with van der Waals surface area (Å²) < 4.78 is 0. The topological polar surface area (TPSA) is 101 Å². The van der Waals surface area contributed by atoms with Gasteiger partial charge in [-0.3, -0.25) is 9.97 Å². The van der Waals surface area contributed by atoms with E-state index in [4.69, 9.17) is 5.11 Å². The predicted molar refractivity (Wildman–Crippen MR) is 72.9 cm³/mol. The Morgan fingerprint density at radius 3 is 2.60 bits per heavy atom. The molecule has 0 saturated heterocycles. The molecule has 0 fully saturated rings. The summed E-state index contributed by atoms with van der Waals surface area (Å²) in [6.45, 7) is 3.64. The molecular weight excluding hydrogens is 258 g/mol. The highest BCUT2D eigenvalue weighted by Gasteiger charge is 2.22. The Morgan fingerprint density at radius 2 is 2.00 bits per heavy atom. The van der Waals surface area contributed by atoms with Crippen molar-refractivity contribution >= 4 is 11.9 Å². The molecule has 1 atom stereocenters. The normalized spacial score (nSPS) is 12.2. The summed E-state index contributed by atoms with van der Waals surface area (Å²) in [5.41, 5.74) is 1.19. The van der Waals surface area contributed by atoms with E-state index >= 15 is 0 Å². The Morgan fingerprint density at radius 1 is 1.20 bits per heavy atom. The van der Waals surface area contributed by atoms with E-state index in [1.54, 1.807) is 30.9 Å². The molecule has 2 aromatic heterocycles. The van der Waals surface area contributed by atoms with Crippen molar-refractivity contribution in [2.24, 2.45) is 5.92 Å². The zero-order valence-corrected chi connectivity index (χ0v) is 11.2. The number of aliphatic carboxylic acids is 1. The van der Waals surface area contributed by atoms with E-state index in [-0.39, 0.29) is 11.9 Å². The standard InChI is InChI=1S/C13H15N5O2/c1-8(2)11(12(19)20)18-13-16-4-3-9(17-13)10-7-14-5-6-15-10/h3-8,11H,1-2H3,(H,19,20)(H,16,17,18)/t11-/m0/s1. The number of nitrogens with zero attached hydrogens (tertiary/aromatic N) is 4. The third-order valence-corrected chi connectivity index (χ3v) is 2.70. The highest BCUT2D eigenvalue weighted by molar-refractivity contribution is 5.77. The van der Waals surface area contributed by atoms with Gasteiger partial charge in [0.25, 0.3) is 0 Å². The van der Waals surface area contributed by atoms with E-state index in [1.807, 2.05) is 13.8 Å². The average molecular weight is 273 g/mol. The van der Waals surface area contributed by atoms with Crippen LogP contribution in [0.25, 0.3) is 11.4 Å². The van der Waals surface area contributed by atoms with E-state index in [2.05, 4.69) is 25.3 Å². The Hall–Kier alpha value is -2.57. The maximum absolute atomic E-state index is 11.2. The van der Waals surface area contributed by atoms with Crippen LogP contribution >= 0.6 is 0 Å². The first-order valence-corrected chi connectivity index (χ1v) is 6.16. The molecule has 2 N–H and O–H groups in total. The second-order valence-corrected chi connectivity index (χ2v) is 4.56. The first-order chi connectivity index (χ1) is 9.58. The van der Waals surface area contributed by atoms with Crippen LogP contribution in [0, 0.1) is 5.92 Å². The van der Waals surface area contributed by atoms with Gasteiger partial charge >= 0.3 is 5.97 Å². The maximum Gasteiger partial charge on any atom is 0.326 e. The van der Waals surface area contributed by atoms with Crippen molar-refractivity contribution in [2.75, 3.05) is 5.32 Å². The molecule has 0 saturated carbocycles. The van der Waals surface area contributed by atoms with Gasteiger partial charge < -0.3 is 10.4 Å². The van der Waals surface area contributed by atoms with Crippen LogP contribution in [-0.4, -0.2) is 37.1 Å². The third kappa shape index (κ3) is 3.25. The average Bonchev–Trinajstić information content (AvgIpc) is 2.45. The quantitative estimate of drug-likeness (QED) is 0.850. The number of hydrogen-bond acceptors (Lipinski definition) is 6. The summed E-state index contributed by atoms with van der Waals surface area (Å²) in [6, 6.07) is 0.951. The Labute approximate surface area is 116 Å². The molecule has 0 aromatic carbocycles. The van der Waals surface area contributed by atoms with Crippen LogP contribution in [0.5, 0.6) is 0 Å². The molecule has 0 aliphatic heterocycles. The van der Waals surface area contributed by atoms with Crippen LogP contribution in [0.2, 0.25) is 0 Å². The molecule has 0 unspecified atom stereocenters. The highest BCUT2D eigenvalue weighted by Crippen LogP contribution is 2.15. The van der Waals surface area contributed by atoms with Crippen molar-refractivity contribution in [1.82, 2.24) is 19.9 Å². The fourth-order valence-corrected chi connectivity index (χ4v) is 1.65. The van der Waals surface area contributed by atoms with E-state index in [1.165, 1.54) is 0 Å². The molecule has 20 heavy (non-hydrogen) atoms. The number of rotatable bonds is 5. The fourth-order valence-electron chi connectivity index (χ4n) is 1.65. The van der Waals surface area contributed by atoms with Crippen molar-refractivity contribution in [2.45, 2.75) is 19.9 Å². The summed E-state index contributed by atoms with van der Waals surface area (Å²) in [7, 11) is 0. The SMILES string of the molecule is CC(C)[C@H](Nc1nccc(-c2cnccn2)n1)C(=O)O. The number of carboxylic acids is 1. The molecule has 2 aromatic rings. The van der Waals surface area contributed by atoms with Crippen molar-refractivity contribution in [3.8, 4) is 11.4 Å². The molecule has 2 heterocycles. The van der Waals surface area contributed by atoms with Crippen LogP contribution in [0.15, 0.2) is 30.9 Å². The summed E-state index contributed by atoms with van der Waals surface area (Å²) >= 11 is 0. The predicted octanol–water partition coefficient (Wildman–Crippen LogP) is 1.45. The number of aromatic nitrogens is 4. The Kier molecular flexibility index (Phi) is 4.19. The molecule has 0 amide bonds. The molecule has 0 bridgehead atoms. The summed E-state index contributed by atoms with van der Waals surface area (Å²) in [6.07, 6.45) is 6.28. The van der Waals surface area contributed by atoms with Crippen LogP contribution in [0.3, 0.4) is 0 Å². The lowest BCUT2D eigenvalue weighted by atomic mass is 10.1. The van der Waals surface area contributed by atoms with Crippen molar-refractivity contribution in [1.29, 1.82) is 0 Å². The molecule has 7 nitrogen and oxygen atoms in total. The molecular formula is C13H15N5O2. The van der Waals surface area contributed by atoms with E-state index in [0.717, 1.165) is 0 Å². The summed E-state index contributed by atoms with van der Waals surface area (Å²) in [5, 5.41) is 12.0. The maximum atomic E-state index is 11.2.